The van der Waals surface area contributed by atoms with Crippen LogP contribution in [-0.2, 0) is 0 Å². The molecule has 1 aromatic rings. The summed E-state index contributed by atoms with van der Waals surface area (Å²) in [4.78, 5) is 0. The first-order valence-corrected chi connectivity index (χ1v) is 5.38. The van der Waals surface area contributed by atoms with Gasteiger partial charge in [0.2, 0.25) is 0 Å². The van der Waals surface area contributed by atoms with E-state index in [9.17, 15) is 0 Å². The molecule has 0 aliphatic rings. The number of aryl methyl sites for hydroxylation is 1. The highest BCUT2D eigenvalue weighted by Gasteiger charge is 1.95. The van der Waals surface area contributed by atoms with Gasteiger partial charge in [0.1, 0.15) is 0 Å². The summed E-state index contributed by atoms with van der Waals surface area (Å²) in [5.74, 6) is 0. The maximum Gasteiger partial charge on any atom is -0.0184 e. The largest absolute Gasteiger partial charge is 0.0988 e. The molecule has 1 aromatic carbocycles. The van der Waals surface area contributed by atoms with E-state index < -0.39 is 0 Å². The van der Waals surface area contributed by atoms with Crippen molar-refractivity contribution in [1.82, 2.24) is 0 Å². The molecule has 16 heavy (non-hydrogen) atoms. The third-order valence-corrected chi connectivity index (χ3v) is 2.45. The summed E-state index contributed by atoms with van der Waals surface area (Å²) in [5, 5.41) is 0. The van der Waals surface area contributed by atoms with Gasteiger partial charge < -0.3 is 0 Å². The molecule has 0 unspecified atom stereocenters. The predicted molar refractivity (Wildman–Crippen MR) is 73.3 cm³/mol. The molecule has 0 aliphatic heterocycles. The SMILES string of the molecule is C=C/C(C)=C\C=C(/C=C)c1ccc(C)cc1. The van der Waals surface area contributed by atoms with Crippen LogP contribution in [-0.4, -0.2) is 0 Å². The van der Waals surface area contributed by atoms with Crippen molar-refractivity contribution >= 4 is 5.57 Å². The van der Waals surface area contributed by atoms with Gasteiger partial charge in [0.15, 0.2) is 0 Å². The highest BCUT2D eigenvalue weighted by molar-refractivity contribution is 5.74. The van der Waals surface area contributed by atoms with Gasteiger partial charge in [0.25, 0.3) is 0 Å². The fraction of sp³-hybridized carbons (Fsp3) is 0.125. The molecule has 0 saturated heterocycles. The van der Waals surface area contributed by atoms with Crippen LogP contribution >= 0.6 is 0 Å². The Morgan fingerprint density at radius 3 is 2.12 bits per heavy atom. The summed E-state index contributed by atoms with van der Waals surface area (Å²) in [7, 11) is 0. The van der Waals surface area contributed by atoms with Gasteiger partial charge in [-0.25, -0.2) is 0 Å². The van der Waals surface area contributed by atoms with Crippen molar-refractivity contribution in [3.05, 3.63) is 78.4 Å². The van der Waals surface area contributed by atoms with Crippen LogP contribution in [0.2, 0.25) is 0 Å². The molecule has 0 heterocycles. The molecule has 0 nitrogen and oxygen atoms in total. The van der Waals surface area contributed by atoms with E-state index in [4.69, 9.17) is 0 Å². The summed E-state index contributed by atoms with van der Waals surface area (Å²) >= 11 is 0. The van der Waals surface area contributed by atoms with E-state index in [1.807, 2.05) is 25.2 Å². The third-order valence-electron chi connectivity index (χ3n) is 2.45. The maximum absolute atomic E-state index is 3.84. The van der Waals surface area contributed by atoms with E-state index in [1.165, 1.54) is 11.1 Å². The fourth-order valence-electron chi connectivity index (χ4n) is 1.32. The Bertz CT molecular complexity index is 428. The molecule has 0 amide bonds. The second-order valence-electron chi connectivity index (χ2n) is 3.81. The topological polar surface area (TPSA) is 0 Å². The number of hydrogen-bond donors (Lipinski definition) is 0. The predicted octanol–water partition coefficient (Wildman–Crippen LogP) is 4.70. The van der Waals surface area contributed by atoms with Crippen LogP contribution in [0.3, 0.4) is 0 Å². The first-order valence-electron chi connectivity index (χ1n) is 5.38. The monoisotopic (exact) mass is 210 g/mol. The van der Waals surface area contributed by atoms with Gasteiger partial charge in [0, 0.05) is 0 Å². The number of hydrogen-bond acceptors (Lipinski definition) is 0. The van der Waals surface area contributed by atoms with Crippen molar-refractivity contribution < 1.29 is 0 Å². The molecule has 0 aromatic heterocycles. The highest BCUT2D eigenvalue weighted by Crippen LogP contribution is 2.16. The minimum atomic E-state index is 1.13. The maximum atomic E-state index is 3.84. The number of allylic oxidation sites excluding steroid dienone is 6. The van der Waals surface area contributed by atoms with E-state index in [-0.39, 0.29) is 0 Å². The molecular weight excluding hydrogens is 192 g/mol. The number of rotatable bonds is 4. The minimum Gasteiger partial charge on any atom is -0.0988 e. The van der Waals surface area contributed by atoms with Crippen LogP contribution in [0.4, 0.5) is 0 Å². The van der Waals surface area contributed by atoms with E-state index >= 15 is 0 Å². The summed E-state index contributed by atoms with van der Waals surface area (Å²) in [6.45, 7) is 11.7. The van der Waals surface area contributed by atoms with Gasteiger partial charge in [-0.3, -0.25) is 0 Å². The first-order chi connectivity index (χ1) is 7.67. The molecule has 0 fully saturated rings. The Labute approximate surface area is 98.3 Å². The molecular formula is C16H18. The third kappa shape index (κ3) is 3.39. The zero-order valence-corrected chi connectivity index (χ0v) is 10.0. The minimum absolute atomic E-state index is 1.13. The van der Waals surface area contributed by atoms with Gasteiger partial charge in [-0.1, -0.05) is 72.9 Å². The Balaban J connectivity index is 3.03. The van der Waals surface area contributed by atoms with Crippen LogP contribution in [0, 0.1) is 6.92 Å². The Kier molecular flexibility index (Phi) is 4.53. The van der Waals surface area contributed by atoms with Crippen molar-refractivity contribution in [1.29, 1.82) is 0 Å². The van der Waals surface area contributed by atoms with Crippen molar-refractivity contribution in [3.8, 4) is 0 Å². The average molecular weight is 210 g/mol. The van der Waals surface area contributed by atoms with Crippen molar-refractivity contribution in [2.75, 3.05) is 0 Å². The summed E-state index contributed by atoms with van der Waals surface area (Å²) in [6.07, 6.45) is 7.82. The van der Waals surface area contributed by atoms with Gasteiger partial charge in [-0.05, 0) is 25.0 Å². The fourth-order valence-corrected chi connectivity index (χ4v) is 1.32. The van der Waals surface area contributed by atoms with Gasteiger partial charge in [-0.15, -0.1) is 0 Å². The van der Waals surface area contributed by atoms with Crippen LogP contribution in [0.25, 0.3) is 5.57 Å². The van der Waals surface area contributed by atoms with Crippen molar-refractivity contribution in [2.45, 2.75) is 13.8 Å². The number of benzene rings is 1. The van der Waals surface area contributed by atoms with Crippen LogP contribution in [0.5, 0.6) is 0 Å². The van der Waals surface area contributed by atoms with Crippen LogP contribution < -0.4 is 0 Å². The lowest BCUT2D eigenvalue weighted by Crippen LogP contribution is -1.81. The molecule has 0 spiro atoms. The lowest BCUT2D eigenvalue weighted by Gasteiger charge is -2.02. The molecule has 0 bridgehead atoms. The molecule has 0 saturated carbocycles. The van der Waals surface area contributed by atoms with Crippen molar-refractivity contribution in [2.24, 2.45) is 0 Å². The van der Waals surface area contributed by atoms with E-state index in [2.05, 4.69) is 50.4 Å². The first kappa shape index (κ1) is 12.3. The Hall–Kier alpha value is -1.82. The smallest absolute Gasteiger partial charge is 0.0184 e. The molecule has 0 aliphatic carbocycles. The normalized spacial score (nSPS) is 12.4. The molecule has 82 valence electrons. The molecule has 0 heteroatoms. The Morgan fingerprint density at radius 2 is 1.62 bits per heavy atom. The Morgan fingerprint density at radius 1 is 1.00 bits per heavy atom. The summed E-state index contributed by atoms with van der Waals surface area (Å²) in [6, 6.07) is 8.44. The van der Waals surface area contributed by atoms with E-state index in [1.54, 1.807) is 0 Å². The van der Waals surface area contributed by atoms with Gasteiger partial charge >= 0.3 is 0 Å². The van der Waals surface area contributed by atoms with Crippen molar-refractivity contribution in [3.63, 3.8) is 0 Å². The molecule has 1 rings (SSSR count). The average Bonchev–Trinajstić information content (AvgIpc) is 2.31. The molecule has 0 radical (unpaired) electrons. The standard InChI is InChI=1S/C16H18/c1-5-13(3)7-10-15(6-2)16-11-8-14(4)9-12-16/h5-12H,1-2H2,3-4H3/b13-7-,15-10+. The van der Waals surface area contributed by atoms with E-state index in [0.29, 0.717) is 0 Å². The summed E-state index contributed by atoms with van der Waals surface area (Å²) in [5.41, 5.74) is 4.73. The zero-order valence-electron chi connectivity index (χ0n) is 10.0. The van der Waals surface area contributed by atoms with Crippen LogP contribution in [0.15, 0.2) is 67.3 Å². The zero-order chi connectivity index (χ0) is 12.0. The summed E-state index contributed by atoms with van der Waals surface area (Å²) < 4.78 is 0. The quantitative estimate of drug-likeness (QED) is 0.632. The second-order valence-corrected chi connectivity index (χ2v) is 3.81. The van der Waals surface area contributed by atoms with E-state index in [0.717, 1.165) is 11.1 Å². The molecule has 0 atom stereocenters. The van der Waals surface area contributed by atoms with Gasteiger partial charge in [0.05, 0.1) is 0 Å². The second kappa shape index (κ2) is 5.92. The lowest BCUT2D eigenvalue weighted by molar-refractivity contribution is 1.45. The highest BCUT2D eigenvalue weighted by atomic mass is 14.0. The lowest BCUT2D eigenvalue weighted by atomic mass is 10.0. The molecule has 0 N–H and O–H groups in total. The van der Waals surface area contributed by atoms with Crippen LogP contribution in [0.1, 0.15) is 18.1 Å². The van der Waals surface area contributed by atoms with Gasteiger partial charge in [-0.2, -0.15) is 0 Å².